The molecule has 2 N–H and O–H groups in total. The maximum Gasteiger partial charge on any atom is 0.126 e. The van der Waals surface area contributed by atoms with Gasteiger partial charge in [0.25, 0.3) is 0 Å². The highest BCUT2D eigenvalue weighted by Crippen LogP contribution is 2.45. The largest absolute Gasteiger partial charge is 0.497 e. The molecule has 0 amide bonds. The van der Waals surface area contributed by atoms with E-state index in [2.05, 4.69) is 6.92 Å². The fraction of sp³-hybridized carbons (Fsp3) is 0.500. The van der Waals surface area contributed by atoms with Crippen molar-refractivity contribution in [3.8, 4) is 11.5 Å². The van der Waals surface area contributed by atoms with Crippen LogP contribution >= 0.6 is 0 Å². The van der Waals surface area contributed by atoms with E-state index in [0.29, 0.717) is 5.92 Å². The molecule has 82 valence electrons. The molecule has 2 rings (SSSR count). The smallest absolute Gasteiger partial charge is 0.126 e. The van der Waals surface area contributed by atoms with Crippen LogP contribution in [0.3, 0.4) is 0 Å². The summed E-state index contributed by atoms with van der Waals surface area (Å²) in [5.74, 6) is 2.18. The van der Waals surface area contributed by atoms with Crippen LogP contribution < -0.4 is 15.2 Å². The van der Waals surface area contributed by atoms with E-state index in [4.69, 9.17) is 15.2 Å². The first-order valence-electron chi connectivity index (χ1n) is 5.18. The third-order valence-corrected chi connectivity index (χ3v) is 3.10. The molecule has 0 aliphatic heterocycles. The topological polar surface area (TPSA) is 44.5 Å². The van der Waals surface area contributed by atoms with E-state index in [1.54, 1.807) is 14.2 Å². The first kappa shape index (κ1) is 10.3. The number of ether oxygens (including phenoxy) is 2. The van der Waals surface area contributed by atoms with Crippen LogP contribution in [0.15, 0.2) is 12.1 Å². The van der Waals surface area contributed by atoms with Crippen LogP contribution in [0, 0.1) is 0 Å². The van der Waals surface area contributed by atoms with Crippen LogP contribution in [-0.2, 0) is 0 Å². The molecule has 3 heteroatoms. The Morgan fingerprint density at radius 3 is 2.60 bits per heavy atom. The molecule has 0 saturated carbocycles. The van der Waals surface area contributed by atoms with Gasteiger partial charge in [0, 0.05) is 17.7 Å². The Morgan fingerprint density at radius 2 is 2.00 bits per heavy atom. The van der Waals surface area contributed by atoms with Crippen LogP contribution in [0.5, 0.6) is 11.5 Å². The number of fused-ring (bicyclic) bond motifs is 1. The van der Waals surface area contributed by atoms with E-state index in [9.17, 15) is 0 Å². The maximum atomic E-state index is 6.07. The molecule has 15 heavy (non-hydrogen) atoms. The normalized spacial score (nSPS) is 23.7. The van der Waals surface area contributed by atoms with E-state index in [-0.39, 0.29) is 6.04 Å². The van der Waals surface area contributed by atoms with Gasteiger partial charge in [-0.05, 0) is 24.0 Å². The van der Waals surface area contributed by atoms with Gasteiger partial charge in [-0.2, -0.15) is 0 Å². The van der Waals surface area contributed by atoms with Crippen molar-refractivity contribution in [2.45, 2.75) is 25.3 Å². The number of benzene rings is 1. The van der Waals surface area contributed by atoms with Crippen LogP contribution in [0.1, 0.15) is 36.4 Å². The lowest BCUT2D eigenvalue weighted by Crippen LogP contribution is -2.05. The Bertz CT molecular complexity index is 376. The second-order valence-electron chi connectivity index (χ2n) is 4.08. The van der Waals surface area contributed by atoms with Gasteiger partial charge in [-0.15, -0.1) is 0 Å². The van der Waals surface area contributed by atoms with E-state index in [1.807, 2.05) is 12.1 Å². The second-order valence-corrected chi connectivity index (χ2v) is 4.08. The molecule has 1 aromatic rings. The van der Waals surface area contributed by atoms with Crippen molar-refractivity contribution in [1.29, 1.82) is 0 Å². The zero-order valence-corrected chi connectivity index (χ0v) is 9.41. The van der Waals surface area contributed by atoms with Crippen molar-refractivity contribution < 1.29 is 9.47 Å². The van der Waals surface area contributed by atoms with Gasteiger partial charge >= 0.3 is 0 Å². The second kappa shape index (κ2) is 3.74. The standard InChI is InChI=1S/C12H17NO2/c1-7-4-10(13)9-5-8(14-2)6-11(15-3)12(7)9/h5-7,10H,4,13H2,1-3H3. The first-order valence-corrected chi connectivity index (χ1v) is 5.18. The summed E-state index contributed by atoms with van der Waals surface area (Å²) in [4.78, 5) is 0. The highest BCUT2D eigenvalue weighted by atomic mass is 16.5. The van der Waals surface area contributed by atoms with E-state index >= 15 is 0 Å². The van der Waals surface area contributed by atoms with Crippen molar-refractivity contribution in [3.63, 3.8) is 0 Å². The van der Waals surface area contributed by atoms with Gasteiger partial charge in [0.2, 0.25) is 0 Å². The summed E-state index contributed by atoms with van der Waals surface area (Å²) in [6.45, 7) is 2.18. The molecule has 2 unspecified atom stereocenters. The molecule has 0 fully saturated rings. The Morgan fingerprint density at radius 1 is 1.27 bits per heavy atom. The van der Waals surface area contributed by atoms with Gasteiger partial charge in [-0.3, -0.25) is 0 Å². The predicted octanol–water partition coefficient (Wildman–Crippen LogP) is 2.21. The van der Waals surface area contributed by atoms with Crippen LogP contribution in [0.4, 0.5) is 0 Å². The quantitative estimate of drug-likeness (QED) is 0.808. The number of methoxy groups -OCH3 is 2. The minimum Gasteiger partial charge on any atom is -0.497 e. The van der Waals surface area contributed by atoms with Crippen molar-refractivity contribution in [2.75, 3.05) is 14.2 Å². The van der Waals surface area contributed by atoms with Crippen molar-refractivity contribution in [2.24, 2.45) is 5.73 Å². The highest BCUT2D eigenvalue weighted by Gasteiger charge is 2.29. The van der Waals surface area contributed by atoms with Crippen LogP contribution in [0.25, 0.3) is 0 Å². The average molecular weight is 207 g/mol. The summed E-state index contributed by atoms with van der Waals surface area (Å²) >= 11 is 0. The van der Waals surface area contributed by atoms with E-state index in [0.717, 1.165) is 17.9 Å². The third-order valence-electron chi connectivity index (χ3n) is 3.10. The Labute approximate surface area is 90.2 Å². The fourth-order valence-corrected chi connectivity index (χ4v) is 2.37. The zero-order valence-electron chi connectivity index (χ0n) is 9.41. The third kappa shape index (κ3) is 1.57. The molecular formula is C12H17NO2. The van der Waals surface area contributed by atoms with Crippen LogP contribution in [-0.4, -0.2) is 14.2 Å². The summed E-state index contributed by atoms with van der Waals surface area (Å²) < 4.78 is 10.6. The first-order chi connectivity index (χ1) is 7.17. The molecule has 0 saturated heterocycles. The summed E-state index contributed by atoms with van der Waals surface area (Å²) in [5, 5.41) is 0. The minimum atomic E-state index is 0.110. The lowest BCUT2D eigenvalue weighted by Gasteiger charge is -2.13. The molecule has 0 aromatic heterocycles. The molecule has 1 aliphatic carbocycles. The SMILES string of the molecule is COc1cc(OC)c2c(c1)C(N)CC2C. The Kier molecular flexibility index (Phi) is 2.57. The fourth-order valence-electron chi connectivity index (χ4n) is 2.37. The van der Waals surface area contributed by atoms with E-state index in [1.165, 1.54) is 11.1 Å². The molecular weight excluding hydrogens is 190 g/mol. The summed E-state index contributed by atoms with van der Waals surface area (Å²) in [5.41, 5.74) is 8.48. The lowest BCUT2D eigenvalue weighted by molar-refractivity contribution is 0.390. The molecule has 0 radical (unpaired) electrons. The number of hydrogen-bond donors (Lipinski definition) is 1. The molecule has 2 atom stereocenters. The Hall–Kier alpha value is -1.22. The van der Waals surface area contributed by atoms with E-state index < -0.39 is 0 Å². The molecule has 1 aromatic carbocycles. The maximum absolute atomic E-state index is 6.07. The van der Waals surface area contributed by atoms with Crippen molar-refractivity contribution in [3.05, 3.63) is 23.3 Å². The average Bonchev–Trinajstić information content (AvgIpc) is 2.53. The monoisotopic (exact) mass is 207 g/mol. The molecule has 0 bridgehead atoms. The number of hydrogen-bond acceptors (Lipinski definition) is 3. The summed E-state index contributed by atoms with van der Waals surface area (Å²) in [7, 11) is 3.34. The van der Waals surface area contributed by atoms with Crippen molar-refractivity contribution >= 4 is 0 Å². The van der Waals surface area contributed by atoms with Crippen LogP contribution in [0.2, 0.25) is 0 Å². The predicted molar refractivity (Wildman–Crippen MR) is 59.5 cm³/mol. The molecule has 0 spiro atoms. The zero-order chi connectivity index (χ0) is 11.0. The summed E-state index contributed by atoms with van der Waals surface area (Å²) in [6, 6.07) is 4.05. The van der Waals surface area contributed by atoms with Crippen molar-refractivity contribution in [1.82, 2.24) is 0 Å². The van der Waals surface area contributed by atoms with Gasteiger partial charge in [-0.1, -0.05) is 6.92 Å². The van der Waals surface area contributed by atoms with Gasteiger partial charge in [0.15, 0.2) is 0 Å². The van der Waals surface area contributed by atoms with Gasteiger partial charge in [-0.25, -0.2) is 0 Å². The number of nitrogens with two attached hydrogens (primary N) is 1. The Balaban J connectivity index is 2.57. The molecule has 1 aliphatic rings. The minimum absolute atomic E-state index is 0.110. The lowest BCUT2D eigenvalue weighted by atomic mass is 10.0. The highest BCUT2D eigenvalue weighted by molar-refractivity contribution is 5.52. The summed E-state index contributed by atoms with van der Waals surface area (Å²) in [6.07, 6.45) is 0.985. The molecule has 3 nitrogen and oxygen atoms in total. The molecule has 0 heterocycles. The van der Waals surface area contributed by atoms with Gasteiger partial charge in [0.1, 0.15) is 11.5 Å². The van der Waals surface area contributed by atoms with Gasteiger partial charge in [0.05, 0.1) is 14.2 Å². The number of rotatable bonds is 2. The van der Waals surface area contributed by atoms with Gasteiger partial charge < -0.3 is 15.2 Å².